The quantitative estimate of drug-likeness (QED) is 0.766. The Morgan fingerprint density at radius 3 is 2.44 bits per heavy atom. The molecular weight excluding hydrogens is 263 g/mol. The summed E-state index contributed by atoms with van der Waals surface area (Å²) in [5.74, 6) is 0. The topological polar surface area (TPSA) is 12.0 Å². The van der Waals surface area contributed by atoms with E-state index in [1.807, 2.05) is 13.8 Å². The van der Waals surface area contributed by atoms with Crippen molar-refractivity contribution in [3.63, 3.8) is 0 Å². The minimum atomic E-state index is -4.39. The molecule has 0 heterocycles. The number of benzene rings is 1. The van der Waals surface area contributed by atoms with Gasteiger partial charge in [0.1, 0.15) is 0 Å². The summed E-state index contributed by atoms with van der Waals surface area (Å²) in [6.07, 6.45) is -1.83. The SMILES string of the molecule is CCCC(CC)Nc1ccc(Cl)cc1C(F)(F)F. The molecule has 0 aromatic heterocycles. The number of hydrogen-bond donors (Lipinski definition) is 1. The van der Waals surface area contributed by atoms with Gasteiger partial charge in [0, 0.05) is 16.8 Å². The third-order valence-corrected chi connectivity index (χ3v) is 3.01. The molecule has 0 aliphatic rings. The van der Waals surface area contributed by atoms with Gasteiger partial charge in [0.05, 0.1) is 5.56 Å². The van der Waals surface area contributed by atoms with Crippen molar-refractivity contribution >= 4 is 17.3 Å². The van der Waals surface area contributed by atoms with Gasteiger partial charge >= 0.3 is 6.18 Å². The van der Waals surface area contributed by atoms with Crippen molar-refractivity contribution in [2.45, 2.75) is 45.3 Å². The van der Waals surface area contributed by atoms with Gasteiger partial charge in [0.2, 0.25) is 0 Å². The molecule has 102 valence electrons. The number of nitrogens with one attached hydrogen (secondary N) is 1. The molecule has 1 nitrogen and oxygen atoms in total. The first-order chi connectivity index (χ1) is 8.38. The van der Waals surface area contributed by atoms with Crippen LogP contribution in [-0.4, -0.2) is 6.04 Å². The molecule has 1 atom stereocenters. The first kappa shape index (κ1) is 15.2. The number of halogens is 4. The fourth-order valence-electron chi connectivity index (χ4n) is 1.82. The molecule has 0 aliphatic carbocycles. The summed E-state index contributed by atoms with van der Waals surface area (Å²) in [5.41, 5.74) is -0.600. The fourth-order valence-corrected chi connectivity index (χ4v) is 2.00. The van der Waals surface area contributed by atoms with Gasteiger partial charge in [-0.3, -0.25) is 0 Å². The Balaban J connectivity index is 3.01. The lowest BCUT2D eigenvalue weighted by atomic mass is 10.1. The summed E-state index contributed by atoms with van der Waals surface area (Å²) < 4.78 is 38.6. The van der Waals surface area contributed by atoms with E-state index in [2.05, 4.69) is 5.32 Å². The van der Waals surface area contributed by atoms with E-state index in [1.165, 1.54) is 12.1 Å². The maximum Gasteiger partial charge on any atom is 0.418 e. The van der Waals surface area contributed by atoms with Crippen molar-refractivity contribution in [3.8, 4) is 0 Å². The first-order valence-electron chi connectivity index (χ1n) is 6.01. The molecule has 18 heavy (non-hydrogen) atoms. The van der Waals surface area contributed by atoms with E-state index in [0.29, 0.717) is 0 Å². The molecule has 0 amide bonds. The average Bonchev–Trinajstić information content (AvgIpc) is 2.29. The molecular formula is C13H17ClF3N. The summed E-state index contributed by atoms with van der Waals surface area (Å²) in [7, 11) is 0. The molecule has 0 fully saturated rings. The van der Waals surface area contributed by atoms with Crippen molar-refractivity contribution in [3.05, 3.63) is 28.8 Å². The van der Waals surface area contributed by atoms with E-state index < -0.39 is 11.7 Å². The van der Waals surface area contributed by atoms with Crippen molar-refractivity contribution in [1.29, 1.82) is 0 Å². The van der Waals surface area contributed by atoms with Crippen LogP contribution in [0.2, 0.25) is 5.02 Å². The molecule has 1 aromatic rings. The molecule has 0 aliphatic heterocycles. The molecule has 0 saturated heterocycles. The maximum atomic E-state index is 12.9. The lowest BCUT2D eigenvalue weighted by molar-refractivity contribution is -0.137. The Labute approximate surface area is 110 Å². The summed E-state index contributed by atoms with van der Waals surface area (Å²) in [4.78, 5) is 0. The van der Waals surface area contributed by atoms with Gasteiger partial charge in [-0.25, -0.2) is 0 Å². The zero-order valence-corrected chi connectivity index (χ0v) is 11.2. The molecule has 1 N–H and O–H groups in total. The van der Waals surface area contributed by atoms with E-state index in [1.54, 1.807) is 0 Å². The van der Waals surface area contributed by atoms with E-state index in [9.17, 15) is 13.2 Å². The minimum absolute atomic E-state index is 0.0530. The standard InChI is InChI=1S/C13H17ClF3N/c1-3-5-10(4-2)18-12-7-6-9(14)8-11(12)13(15,16)17/h6-8,10,18H,3-5H2,1-2H3. The molecule has 0 radical (unpaired) electrons. The Bertz CT molecular complexity index is 390. The van der Waals surface area contributed by atoms with Gasteiger partial charge < -0.3 is 5.32 Å². The summed E-state index contributed by atoms with van der Waals surface area (Å²) in [6.45, 7) is 3.97. The number of rotatable bonds is 5. The molecule has 0 bridgehead atoms. The van der Waals surface area contributed by atoms with Crippen LogP contribution in [0, 0.1) is 0 Å². The summed E-state index contributed by atoms with van der Waals surface area (Å²) in [6, 6.07) is 3.88. The highest BCUT2D eigenvalue weighted by Crippen LogP contribution is 2.37. The molecule has 0 spiro atoms. The average molecular weight is 280 g/mol. The fraction of sp³-hybridized carbons (Fsp3) is 0.538. The van der Waals surface area contributed by atoms with Crippen LogP contribution in [-0.2, 0) is 6.18 Å². The van der Waals surface area contributed by atoms with Crippen LogP contribution >= 0.6 is 11.6 Å². The molecule has 1 aromatic carbocycles. The van der Waals surface area contributed by atoms with E-state index in [-0.39, 0.29) is 16.8 Å². The van der Waals surface area contributed by atoms with E-state index in [0.717, 1.165) is 25.3 Å². The van der Waals surface area contributed by atoms with Crippen LogP contribution in [0.1, 0.15) is 38.7 Å². The maximum absolute atomic E-state index is 12.9. The lowest BCUT2D eigenvalue weighted by Gasteiger charge is -2.21. The summed E-state index contributed by atoms with van der Waals surface area (Å²) in [5, 5.41) is 3.05. The highest BCUT2D eigenvalue weighted by atomic mass is 35.5. The largest absolute Gasteiger partial charge is 0.418 e. The zero-order chi connectivity index (χ0) is 13.8. The minimum Gasteiger partial charge on any atom is -0.382 e. The van der Waals surface area contributed by atoms with Crippen molar-refractivity contribution in [2.24, 2.45) is 0 Å². The Morgan fingerprint density at radius 2 is 1.94 bits per heavy atom. The number of alkyl halides is 3. The smallest absolute Gasteiger partial charge is 0.382 e. The van der Waals surface area contributed by atoms with Gasteiger partial charge in [-0.1, -0.05) is 31.9 Å². The third-order valence-electron chi connectivity index (χ3n) is 2.78. The van der Waals surface area contributed by atoms with E-state index >= 15 is 0 Å². The van der Waals surface area contributed by atoms with Crippen LogP contribution in [0.3, 0.4) is 0 Å². The van der Waals surface area contributed by atoms with Crippen molar-refractivity contribution < 1.29 is 13.2 Å². The zero-order valence-electron chi connectivity index (χ0n) is 10.4. The Kier molecular flexibility index (Phi) is 5.32. The van der Waals surface area contributed by atoms with Crippen LogP contribution in [0.4, 0.5) is 18.9 Å². The second-order valence-corrected chi connectivity index (χ2v) is 4.66. The van der Waals surface area contributed by atoms with Gasteiger partial charge in [0.15, 0.2) is 0 Å². The van der Waals surface area contributed by atoms with Crippen LogP contribution in [0.25, 0.3) is 0 Å². The van der Waals surface area contributed by atoms with Crippen LogP contribution in [0.5, 0.6) is 0 Å². The number of anilines is 1. The monoisotopic (exact) mass is 279 g/mol. The molecule has 0 saturated carbocycles. The summed E-state index contributed by atoms with van der Waals surface area (Å²) >= 11 is 5.63. The predicted octanol–water partition coefficient (Wildman–Crippen LogP) is 5.35. The molecule has 5 heteroatoms. The highest BCUT2D eigenvalue weighted by Gasteiger charge is 2.34. The normalized spacial score (nSPS) is 13.4. The third kappa shape index (κ3) is 4.09. The van der Waals surface area contributed by atoms with Gasteiger partial charge in [-0.05, 0) is 31.0 Å². The van der Waals surface area contributed by atoms with Crippen LogP contribution in [0.15, 0.2) is 18.2 Å². The van der Waals surface area contributed by atoms with Crippen molar-refractivity contribution in [2.75, 3.05) is 5.32 Å². The number of hydrogen-bond acceptors (Lipinski definition) is 1. The lowest BCUT2D eigenvalue weighted by Crippen LogP contribution is -2.20. The van der Waals surface area contributed by atoms with Gasteiger partial charge in [0.25, 0.3) is 0 Å². The van der Waals surface area contributed by atoms with Gasteiger partial charge in [-0.2, -0.15) is 13.2 Å². The first-order valence-corrected chi connectivity index (χ1v) is 6.39. The predicted molar refractivity (Wildman–Crippen MR) is 69.1 cm³/mol. The second-order valence-electron chi connectivity index (χ2n) is 4.23. The Morgan fingerprint density at radius 1 is 1.28 bits per heavy atom. The Hall–Kier alpha value is -0.900. The van der Waals surface area contributed by atoms with E-state index in [4.69, 9.17) is 11.6 Å². The van der Waals surface area contributed by atoms with Crippen molar-refractivity contribution in [1.82, 2.24) is 0 Å². The van der Waals surface area contributed by atoms with Crippen LogP contribution < -0.4 is 5.32 Å². The van der Waals surface area contributed by atoms with Gasteiger partial charge in [-0.15, -0.1) is 0 Å². The second kappa shape index (κ2) is 6.32. The molecule has 1 unspecified atom stereocenters. The molecule has 1 rings (SSSR count). The highest BCUT2D eigenvalue weighted by molar-refractivity contribution is 6.30.